The quantitative estimate of drug-likeness (QED) is 0.907. The van der Waals surface area contributed by atoms with Crippen molar-refractivity contribution in [1.29, 1.82) is 0 Å². The first-order valence-corrected chi connectivity index (χ1v) is 7.66. The molecule has 0 bridgehead atoms. The minimum atomic E-state index is -4.41. The summed E-state index contributed by atoms with van der Waals surface area (Å²) in [4.78, 5) is 5.87. The number of fused-ring (bicyclic) bond motifs is 1. The summed E-state index contributed by atoms with van der Waals surface area (Å²) in [7, 11) is 0. The van der Waals surface area contributed by atoms with Crippen molar-refractivity contribution in [2.24, 2.45) is 5.73 Å². The number of hydrogen-bond donors (Lipinski definition) is 1. The van der Waals surface area contributed by atoms with E-state index in [1.54, 1.807) is 0 Å². The molecular formula is C15H15F3N2S. The lowest BCUT2D eigenvalue weighted by atomic mass is 9.97. The molecule has 2 N–H and O–H groups in total. The molecule has 2 nitrogen and oxygen atoms in total. The van der Waals surface area contributed by atoms with Crippen LogP contribution in [0.3, 0.4) is 0 Å². The van der Waals surface area contributed by atoms with Crippen molar-refractivity contribution in [3.05, 3.63) is 51.0 Å². The van der Waals surface area contributed by atoms with E-state index in [1.807, 2.05) is 6.07 Å². The number of rotatable bonds is 2. The first kappa shape index (κ1) is 14.5. The molecule has 1 atom stereocenters. The summed E-state index contributed by atoms with van der Waals surface area (Å²) >= 11 is 1.54. The van der Waals surface area contributed by atoms with Crippen LogP contribution in [0.4, 0.5) is 13.2 Å². The fourth-order valence-corrected chi connectivity index (χ4v) is 4.01. The molecule has 1 aliphatic rings. The van der Waals surface area contributed by atoms with Crippen LogP contribution in [0.5, 0.6) is 0 Å². The van der Waals surface area contributed by atoms with Crippen LogP contribution in [-0.2, 0) is 19.0 Å². The Labute approximate surface area is 124 Å². The third kappa shape index (κ3) is 2.82. The summed E-state index contributed by atoms with van der Waals surface area (Å²) in [6.07, 6.45) is 2.25. The zero-order chi connectivity index (χ0) is 15.0. The second-order valence-electron chi connectivity index (χ2n) is 5.24. The van der Waals surface area contributed by atoms with E-state index in [0.717, 1.165) is 42.8 Å². The molecule has 0 amide bonds. The lowest BCUT2D eigenvalue weighted by Gasteiger charge is -2.16. The van der Waals surface area contributed by atoms with E-state index in [0.29, 0.717) is 0 Å². The Morgan fingerprint density at radius 3 is 2.71 bits per heavy atom. The van der Waals surface area contributed by atoms with Crippen LogP contribution in [-0.4, -0.2) is 4.98 Å². The van der Waals surface area contributed by atoms with Gasteiger partial charge in [-0.15, -0.1) is 11.3 Å². The van der Waals surface area contributed by atoms with Crippen molar-refractivity contribution >= 4 is 11.3 Å². The van der Waals surface area contributed by atoms with Gasteiger partial charge < -0.3 is 5.73 Å². The van der Waals surface area contributed by atoms with Gasteiger partial charge in [0.15, 0.2) is 0 Å². The topological polar surface area (TPSA) is 38.9 Å². The average molecular weight is 312 g/mol. The van der Waals surface area contributed by atoms with E-state index < -0.39 is 17.8 Å². The molecule has 2 heterocycles. The molecule has 0 saturated heterocycles. The number of nitrogens with zero attached hydrogens (tertiary/aromatic N) is 1. The number of nitrogens with two attached hydrogens (primary N) is 1. The highest BCUT2D eigenvalue weighted by atomic mass is 32.1. The Balaban J connectivity index is 1.99. The number of hydrogen-bond acceptors (Lipinski definition) is 3. The Hall–Kier alpha value is -1.40. The van der Waals surface area contributed by atoms with E-state index in [1.165, 1.54) is 28.0 Å². The Morgan fingerprint density at radius 2 is 2.00 bits per heavy atom. The molecule has 6 heteroatoms. The van der Waals surface area contributed by atoms with Crippen molar-refractivity contribution < 1.29 is 13.2 Å². The summed E-state index contributed by atoms with van der Waals surface area (Å²) < 4.78 is 39.2. The van der Waals surface area contributed by atoms with Crippen LogP contribution in [0.15, 0.2) is 24.5 Å². The molecule has 112 valence electrons. The summed E-state index contributed by atoms with van der Waals surface area (Å²) in [5, 5.41) is 0. The molecule has 0 aliphatic heterocycles. The third-order valence-electron chi connectivity index (χ3n) is 3.81. The fraction of sp³-hybridized carbons (Fsp3) is 0.400. The number of thiophene rings is 1. The average Bonchev–Trinajstić information content (AvgIpc) is 2.89. The summed E-state index contributed by atoms with van der Waals surface area (Å²) in [5.41, 5.74) is 6.69. The molecule has 21 heavy (non-hydrogen) atoms. The van der Waals surface area contributed by atoms with Gasteiger partial charge in [-0.2, -0.15) is 13.2 Å². The number of aryl methyl sites for hydroxylation is 2. The van der Waals surface area contributed by atoms with Crippen molar-refractivity contribution in [2.75, 3.05) is 0 Å². The van der Waals surface area contributed by atoms with Crippen molar-refractivity contribution in [1.82, 2.24) is 4.98 Å². The predicted molar refractivity (Wildman–Crippen MR) is 76.2 cm³/mol. The van der Waals surface area contributed by atoms with Gasteiger partial charge in [-0.3, -0.25) is 4.98 Å². The lowest BCUT2D eigenvalue weighted by Crippen LogP contribution is -2.18. The van der Waals surface area contributed by atoms with Crippen LogP contribution < -0.4 is 5.73 Å². The van der Waals surface area contributed by atoms with Crippen LogP contribution in [0.25, 0.3) is 0 Å². The highest BCUT2D eigenvalue weighted by Gasteiger charge is 2.35. The van der Waals surface area contributed by atoms with Crippen molar-refractivity contribution in [3.63, 3.8) is 0 Å². The number of aromatic nitrogens is 1. The summed E-state index contributed by atoms with van der Waals surface area (Å²) in [5.74, 6) is 0. The van der Waals surface area contributed by atoms with Crippen LogP contribution in [0.1, 0.15) is 45.3 Å². The maximum absolute atomic E-state index is 13.1. The maximum Gasteiger partial charge on any atom is 0.416 e. The molecule has 2 aromatic heterocycles. The highest BCUT2D eigenvalue weighted by molar-refractivity contribution is 7.12. The monoisotopic (exact) mass is 312 g/mol. The maximum atomic E-state index is 13.1. The number of alkyl halides is 3. The van der Waals surface area contributed by atoms with Crippen molar-refractivity contribution in [2.45, 2.75) is 37.9 Å². The predicted octanol–water partition coefficient (Wildman–Crippen LogP) is 4.09. The van der Waals surface area contributed by atoms with E-state index in [9.17, 15) is 13.2 Å². The fourth-order valence-electron chi connectivity index (χ4n) is 2.73. The second-order valence-corrected chi connectivity index (χ2v) is 6.41. The minimum Gasteiger partial charge on any atom is -0.320 e. The van der Waals surface area contributed by atoms with E-state index in [4.69, 9.17) is 5.73 Å². The normalized spacial score (nSPS) is 16.6. The zero-order valence-electron chi connectivity index (χ0n) is 11.3. The van der Waals surface area contributed by atoms with Gasteiger partial charge in [-0.1, -0.05) is 0 Å². The molecule has 2 aromatic rings. The summed E-state index contributed by atoms with van der Waals surface area (Å²) in [6, 6.07) is 2.19. The van der Waals surface area contributed by atoms with Gasteiger partial charge in [0, 0.05) is 27.7 Å². The zero-order valence-corrected chi connectivity index (χ0v) is 12.1. The molecule has 1 aliphatic carbocycles. The molecule has 0 aromatic carbocycles. The van der Waals surface area contributed by atoms with Gasteiger partial charge >= 0.3 is 6.18 Å². The van der Waals surface area contributed by atoms with E-state index >= 15 is 0 Å². The Kier molecular flexibility index (Phi) is 3.75. The SMILES string of the molecule is NC(c1cc2c(s1)CCCC2)c1cnccc1C(F)(F)F. The van der Waals surface area contributed by atoms with Gasteiger partial charge in [-0.25, -0.2) is 0 Å². The molecular weight excluding hydrogens is 297 g/mol. The smallest absolute Gasteiger partial charge is 0.320 e. The van der Waals surface area contributed by atoms with Gasteiger partial charge in [0.25, 0.3) is 0 Å². The lowest BCUT2D eigenvalue weighted by molar-refractivity contribution is -0.138. The molecule has 0 spiro atoms. The van der Waals surface area contributed by atoms with Crippen LogP contribution in [0.2, 0.25) is 0 Å². The number of halogens is 3. The van der Waals surface area contributed by atoms with Crippen molar-refractivity contribution in [3.8, 4) is 0 Å². The van der Waals surface area contributed by atoms with Gasteiger partial charge in [0.05, 0.1) is 11.6 Å². The molecule has 0 radical (unpaired) electrons. The summed E-state index contributed by atoms with van der Waals surface area (Å²) in [6.45, 7) is 0. The Bertz CT molecular complexity index is 625. The van der Waals surface area contributed by atoms with E-state index in [-0.39, 0.29) is 5.56 Å². The largest absolute Gasteiger partial charge is 0.416 e. The molecule has 0 fully saturated rings. The molecule has 0 saturated carbocycles. The van der Waals surface area contributed by atoms with Crippen LogP contribution in [0, 0.1) is 0 Å². The number of pyridine rings is 1. The van der Waals surface area contributed by atoms with Crippen LogP contribution >= 0.6 is 11.3 Å². The first-order valence-electron chi connectivity index (χ1n) is 6.85. The molecule has 3 rings (SSSR count). The van der Waals surface area contributed by atoms with Gasteiger partial charge in [0.2, 0.25) is 0 Å². The van der Waals surface area contributed by atoms with Gasteiger partial charge in [-0.05, 0) is 43.4 Å². The highest BCUT2D eigenvalue weighted by Crippen LogP contribution is 2.38. The standard InChI is InChI=1S/C15H15F3N2S/c16-15(17,18)11-5-6-20-8-10(11)14(19)13-7-9-3-1-2-4-12(9)21-13/h5-8,14H,1-4,19H2. The van der Waals surface area contributed by atoms with E-state index in [2.05, 4.69) is 4.98 Å². The third-order valence-corrected chi connectivity index (χ3v) is 5.13. The van der Waals surface area contributed by atoms with Gasteiger partial charge in [0.1, 0.15) is 0 Å². The minimum absolute atomic E-state index is 0.0450. The first-order chi connectivity index (χ1) is 9.97. The second kappa shape index (κ2) is 5.42. The molecule has 1 unspecified atom stereocenters. The Morgan fingerprint density at radius 1 is 1.24 bits per heavy atom.